The van der Waals surface area contributed by atoms with E-state index in [9.17, 15) is 0 Å². The van der Waals surface area contributed by atoms with Gasteiger partial charge in [-0.2, -0.15) is 0 Å². The van der Waals surface area contributed by atoms with E-state index >= 15 is 0 Å². The molecule has 0 spiro atoms. The summed E-state index contributed by atoms with van der Waals surface area (Å²) in [6.07, 6.45) is 2.03. The number of para-hydroxylation sites is 1. The highest BCUT2D eigenvalue weighted by atomic mass is 14.9. The van der Waals surface area contributed by atoms with E-state index in [1.807, 2.05) is 24.3 Å². The van der Waals surface area contributed by atoms with Crippen LogP contribution >= 0.6 is 0 Å². The topological polar surface area (TPSA) is 54.7 Å². The number of nitrogens with one attached hydrogen (secondary N) is 1. The van der Waals surface area contributed by atoms with Crippen LogP contribution in [0.4, 0.5) is 5.69 Å². The Morgan fingerprint density at radius 3 is 2.55 bits per heavy atom. The van der Waals surface area contributed by atoms with Crippen LogP contribution < -0.4 is 5.73 Å². The lowest BCUT2D eigenvalue weighted by Crippen LogP contribution is -1.92. The number of aromatic nitrogens is 2. The predicted octanol–water partition coefficient (Wildman–Crippen LogP) is 3.94. The van der Waals surface area contributed by atoms with Gasteiger partial charge >= 0.3 is 0 Å². The van der Waals surface area contributed by atoms with E-state index in [1.54, 1.807) is 0 Å². The minimum atomic E-state index is 0.750. The summed E-state index contributed by atoms with van der Waals surface area (Å²) in [7, 11) is 0. The van der Waals surface area contributed by atoms with Crippen molar-refractivity contribution < 1.29 is 0 Å². The fourth-order valence-electron chi connectivity index (χ4n) is 2.74. The largest absolute Gasteiger partial charge is 0.398 e. The van der Waals surface area contributed by atoms with E-state index < -0.39 is 0 Å². The van der Waals surface area contributed by atoms with Crippen LogP contribution in [-0.2, 0) is 12.8 Å². The summed E-state index contributed by atoms with van der Waals surface area (Å²) in [6, 6.07) is 12.1. The quantitative estimate of drug-likeness (QED) is 0.705. The lowest BCUT2D eigenvalue weighted by atomic mass is 10.0. The third kappa shape index (κ3) is 1.95. The number of nitrogen functional groups attached to an aromatic ring is 1. The van der Waals surface area contributed by atoms with Gasteiger partial charge in [-0.05, 0) is 42.2 Å². The number of hydrogen-bond donors (Lipinski definition) is 2. The highest BCUT2D eigenvalue weighted by molar-refractivity contribution is 5.85. The second kappa shape index (κ2) is 5.00. The van der Waals surface area contributed by atoms with Crippen LogP contribution in [0.2, 0.25) is 0 Å². The molecule has 0 amide bonds. The Labute approximate surface area is 118 Å². The molecule has 0 unspecified atom stereocenters. The van der Waals surface area contributed by atoms with Gasteiger partial charge in [0.2, 0.25) is 0 Å². The number of fused-ring (bicyclic) bond motifs is 1. The Morgan fingerprint density at radius 1 is 1.05 bits per heavy atom. The summed E-state index contributed by atoms with van der Waals surface area (Å²) in [5.41, 5.74) is 12.6. The average molecular weight is 265 g/mol. The molecule has 0 saturated heterocycles. The lowest BCUT2D eigenvalue weighted by Gasteiger charge is -2.05. The number of aromatic amines is 1. The second-order valence-corrected chi connectivity index (χ2v) is 4.98. The van der Waals surface area contributed by atoms with Crippen molar-refractivity contribution in [2.24, 2.45) is 0 Å². The zero-order valence-electron chi connectivity index (χ0n) is 11.9. The monoisotopic (exact) mass is 265 g/mol. The molecular formula is C17H19N3. The van der Waals surface area contributed by atoms with Crippen molar-refractivity contribution in [2.45, 2.75) is 26.7 Å². The molecule has 102 valence electrons. The minimum absolute atomic E-state index is 0.750. The summed E-state index contributed by atoms with van der Waals surface area (Å²) in [5.74, 6) is 0.848. The van der Waals surface area contributed by atoms with Crippen LogP contribution in [0.3, 0.4) is 0 Å². The molecule has 1 heterocycles. The highest BCUT2D eigenvalue weighted by Gasteiger charge is 2.12. The highest BCUT2D eigenvalue weighted by Crippen LogP contribution is 2.28. The van der Waals surface area contributed by atoms with E-state index in [4.69, 9.17) is 10.7 Å². The summed E-state index contributed by atoms with van der Waals surface area (Å²) in [4.78, 5) is 8.18. The van der Waals surface area contributed by atoms with E-state index in [-0.39, 0.29) is 0 Å². The fourth-order valence-corrected chi connectivity index (χ4v) is 2.74. The maximum atomic E-state index is 6.04. The summed E-state index contributed by atoms with van der Waals surface area (Å²) in [5, 5.41) is 0. The Morgan fingerprint density at radius 2 is 1.85 bits per heavy atom. The van der Waals surface area contributed by atoms with Crippen molar-refractivity contribution in [2.75, 3.05) is 5.73 Å². The van der Waals surface area contributed by atoms with Crippen LogP contribution in [0.1, 0.15) is 25.0 Å². The third-order valence-corrected chi connectivity index (χ3v) is 3.81. The summed E-state index contributed by atoms with van der Waals surface area (Å²) < 4.78 is 0. The number of nitrogens with zero attached hydrogens (tertiary/aromatic N) is 1. The first-order valence-electron chi connectivity index (χ1n) is 7.10. The van der Waals surface area contributed by atoms with Gasteiger partial charge in [-0.15, -0.1) is 0 Å². The Bertz CT molecular complexity index is 756. The van der Waals surface area contributed by atoms with Crippen molar-refractivity contribution >= 4 is 16.7 Å². The van der Waals surface area contributed by atoms with Crippen molar-refractivity contribution in [1.82, 2.24) is 9.97 Å². The maximum absolute atomic E-state index is 6.04. The van der Waals surface area contributed by atoms with Crippen molar-refractivity contribution in [3.63, 3.8) is 0 Å². The lowest BCUT2D eigenvalue weighted by molar-refractivity contribution is 1.05. The van der Waals surface area contributed by atoms with E-state index in [1.165, 1.54) is 11.1 Å². The van der Waals surface area contributed by atoms with Crippen LogP contribution in [0.25, 0.3) is 22.4 Å². The Hall–Kier alpha value is -2.29. The SMILES string of the molecule is CCc1ccc2[nH]c(-c3ccccc3N)nc2c1CC. The molecule has 3 aromatic rings. The minimum Gasteiger partial charge on any atom is -0.398 e. The number of rotatable bonds is 3. The molecule has 1 aromatic heterocycles. The number of anilines is 1. The van der Waals surface area contributed by atoms with Gasteiger partial charge in [0.25, 0.3) is 0 Å². The van der Waals surface area contributed by atoms with Gasteiger partial charge in [0.05, 0.1) is 11.0 Å². The third-order valence-electron chi connectivity index (χ3n) is 3.81. The van der Waals surface area contributed by atoms with Gasteiger partial charge in [0.1, 0.15) is 5.82 Å². The molecule has 0 bridgehead atoms. The predicted molar refractivity (Wildman–Crippen MR) is 84.7 cm³/mol. The van der Waals surface area contributed by atoms with E-state index in [2.05, 4.69) is 31.0 Å². The molecular weight excluding hydrogens is 246 g/mol. The average Bonchev–Trinajstić information content (AvgIpc) is 2.90. The van der Waals surface area contributed by atoms with Gasteiger partial charge in [-0.3, -0.25) is 0 Å². The second-order valence-electron chi connectivity index (χ2n) is 4.98. The Balaban J connectivity index is 2.23. The zero-order chi connectivity index (χ0) is 14.1. The molecule has 3 heteroatoms. The standard InChI is InChI=1S/C17H19N3/c1-3-11-9-10-15-16(12(11)4-2)20-17(19-15)13-7-5-6-8-14(13)18/h5-10H,3-4,18H2,1-2H3,(H,19,20). The number of H-pyrrole nitrogens is 1. The fraction of sp³-hybridized carbons (Fsp3) is 0.235. The number of hydrogen-bond acceptors (Lipinski definition) is 2. The smallest absolute Gasteiger partial charge is 0.140 e. The molecule has 0 saturated carbocycles. The molecule has 0 aliphatic rings. The van der Waals surface area contributed by atoms with Gasteiger partial charge in [-0.1, -0.05) is 32.0 Å². The first-order chi connectivity index (χ1) is 9.74. The summed E-state index contributed by atoms with van der Waals surface area (Å²) in [6.45, 7) is 4.36. The van der Waals surface area contributed by atoms with Crippen LogP contribution in [0, 0.1) is 0 Å². The van der Waals surface area contributed by atoms with E-state index in [0.29, 0.717) is 0 Å². The molecule has 0 aliphatic carbocycles. The molecule has 0 atom stereocenters. The first-order valence-corrected chi connectivity index (χ1v) is 7.10. The van der Waals surface area contributed by atoms with Crippen molar-refractivity contribution in [1.29, 1.82) is 0 Å². The zero-order valence-corrected chi connectivity index (χ0v) is 11.9. The maximum Gasteiger partial charge on any atom is 0.140 e. The van der Waals surface area contributed by atoms with Crippen molar-refractivity contribution in [3.8, 4) is 11.4 Å². The molecule has 0 aliphatic heterocycles. The molecule has 0 radical (unpaired) electrons. The molecule has 3 N–H and O–H groups in total. The Kier molecular flexibility index (Phi) is 3.18. The molecule has 3 rings (SSSR count). The van der Waals surface area contributed by atoms with E-state index in [0.717, 1.165) is 41.0 Å². The first kappa shape index (κ1) is 12.7. The number of aryl methyl sites for hydroxylation is 2. The van der Waals surface area contributed by atoms with Crippen LogP contribution in [-0.4, -0.2) is 9.97 Å². The van der Waals surface area contributed by atoms with Gasteiger partial charge in [0, 0.05) is 11.3 Å². The normalized spacial score (nSPS) is 11.1. The number of benzene rings is 2. The van der Waals surface area contributed by atoms with Gasteiger partial charge in [0.15, 0.2) is 0 Å². The number of nitrogens with two attached hydrogens (primary N) is 1. The molecule has 20 heavy (non-hydrogen) atoms. The van der Waals surface area contributed by atoms with Crippen LogP contribution in [0.5, 0.6) is 0 Å². The molecule has 3 nitrogen and oxygen atoms in total. The van der Waals surface area contributed by atoms with Crippen LogP contribution in [0.15, 0.2) is 36.4 Å². The summed E-state index contributed by atoms with van der Waals surface area (Å²) >= 11 is 0. The number of imidazole rings is 1. The molecule has 2 aromatic carbocycles. The van der Waals surface area contributed by atoms with Crippen molar-refractivity contribution in [3.05, 3.63) is 47.5 Å². The van der Waals surface area contributed by atoms with Gasteiger partial charge in [-0.25, -0.2) is 4.98 Å². The van der Waals surface area contributed by atoms with Gasteiger partial charge < -0.3 is 10.7 Å². The molecule has 0 fully saturated rings.